The predicted molar refractivity (Wildman–Crippen MR) is 98.3 cm³/mol. The van der Waals surface area contributed by atoms with E-state index in [2.05, 4.69) is 20.9 Å². The average molecular weight is 363 g/mol. The maximum absolute atomic E-state index is 12.4. The third kappa shape index (κ3) is 5.03. The molecule has 3 heterocycles. The largest absolute Gasteiger partial charge is 0.341 e. The van der Waals surface area contributed by atoms with Crippen LogP contribution in [-0.4, -0.2) is 57.6 Å². The van der Waals surface area contributed by atoms with Crippen molar-refractivity contribution < 1.29 is 4.79 Å². The second-order valence-corrected chi connectivity index (χ2v) is 7.96. The summed E-state index contributed by atoms with van der Waals surface area (Å²) in [6.45, 7) is 6.39. The van der Waals surface area contributed by atoms with Crippen LogP contribution in [0.3, 0.4) is 0 Å². The molecule has 1 aliphatic rings. The number of thiazole rings is 1. The number of rotatable bonds is 5. The van der Waals surface area contributed by atoms with E-state index in [9.17, 15) is 4.79 Å². The van der Waals surface area contributed by atoms with Gasteiger partial charge in [-0.1, -0.05) is 17.8 Å². The van der Waals surface area contributed by atoms with E-state index in [4.69, 9.17) is 0 Å². The van der Waals surface area contributed by atoms with Gasteiger partial charge in [-0.15, -0.1) is 11.3 Å². The van der Waals surface area contributed by atoms with Crippen molar-refractivity contribution in [2.24, 2.45) is 0 Å². The molecule has 0 unspecified atom stereocenters. The Bertz CT molecular complexity index is 662. The Labute approximate surface area is 151 Å². The minimum atomic E-state index is 0.215. The van der Waals surface area contributed by atoms with Crippen molar-refractivity contribution in [1.82, 2.24) is 19.8 Å². The highest BCUT2D eigenvalue weighted by atomic mass is 32.2. The average Bonchev–Trinajstić information content (AvgIpc) is 2.87. The topological polar surface area (TPSA) is 49.3 Å². The molecule has 0 spiro atoms. The van der Waals surface area contributed by atoms with Gasteiger partial charge >= 0.3 is 0 Å². The van der Waals surface area contributed by atoms with Gasteiger partial charge < -0.3 is 4.90 Å². The number of aryl methyl sites for hydroxylation is 1. The van der Waals surface area contributed by atoms with Crippen LogP contribution in [0.25, 0.3) is 0 Å². The van der Waals surface area contributed by atoms with E-state index in [0.29, 0.717) is 5.75 Å². The van der Waals surface area contributed by atoms with Gasteiger partial charge in [0.05, 0.1) is 11.4 Å². The minimum absolute atomic E-state index is 0.215. The van der Waals surface area contributed by atoms with Crippen LogP contribution in [-0.2, 0) is 11.3 Å². The van der Waals surface area contributed by atoms with Crippen LogP contribution in [0.15, 0.2) is 34.1 Å². The van der Waals surface area contributed by atoms with Crippen LogP contribution >= 0.6 is 23.1 Å². The third-order valence-corrected chi connectivity index (χ3v) is 6.09. The molecule has 0 atom stereocenters. The fourth-order valence-corrected chi connectivity index (χ4v) is 4.46. The lowest BCUT2D eigenvalue weighted by atomic mass is 10.3. The highest BCUT2D eigenvalue weighted by molar-refractivity contribution is 8.01. The van der Waals surface area contributed by atoms with Crippen molar-refractivity contribution in [3.63, 3.8) is 0 Å². The van der Waals surface area contributed by atoms with Gasteiger partial charge in [0.15, 0.2) is 4.34 Å². The van der Waals surface area contributed by atoms with Crippen molar-refractivity contribution in [1.29, 1.82) is 0 Å². The monoisotopic (exact) mass is 362 g/mol. The number of nitrogens with zero attached hydrogens (tertiary/aromatic N) is 4. The lowest BCUT2D eigenvalue weighted by molar-refractivity contribution is -0.128. The van der Waals surface area contributed by atoms with Crippen molar-refractivity contribution in [3.8, 4) is 0 Å². The summed E-state index contributed by atoms with van der Waals surface area (Å²) < 4.78 is 0.979. The zero-order valence-electron chi connectivity index (χ0n) is 13.9. The summed E-state index contributed by atoms with van der Waals surface area (Å²) in [7, 11) is 0. The van der Waals surface area contributed by atoms with Crippen LogP contribution in [0.4, 0.5) is 0 Å². The number of carbonyl (C=O) groups is 1. The number of thioether (sulfide) groups is 1. The Morgan fingerprint density at radius 2 is 2.21 bits per heavy atom. The predicted octanol–water partition coefficient (Wildman–Crippen LogP) is 2.67. The van der Waals surface area contributed by atoms with E-state index in [-0.39, 0.29) is 5.91 Å². The van der Waals surface area contributed by atoms with Crippen LogP contribution in [0.2, 0.25) is 0 Å². The smallest absolute Gasteiger partial charge is 0.233 e. The molecule has 1 fully saturated rings. The fraction of sp³-hybridized carbons (Fsp3) is 0.471. The Balaban J connectivity index is 1.46. The molecule has 3 rings (SSSR count). The first-order valence-electron chi connectivity index (χ1n) is 8.15. The normalized spacial score (nSPS) is 16.1. The summed E-state index contributed by atoms with van der Waals surface area (Å²) in [6.07, 6.45) is 2.85. The van der Waals surface area contributed by atoms with E-state index in [1.54, 1.807) is 23.1 Å². The molecule has 1 aliphatic heterocycles. The molecule has 0 N–H and O–H groups in total. The molecule has 128 valence electrons. The lowest BCUT2D eigenvalue weighted by Crippen LogP contribution is -2.36. The number of pyridine rings is 1. The van der Waals surface area contributed by atoms with Gasteiger partial charge in [0, 0.05) is 50.0 Å². The molecule has 2 aromatic rings. The summed E-state index contributed by atoms with van der Waals surface area (Å²) in [6, 6.07) is 6.02. The highest BCUT2D eigenvalue weighted by Crippen LogP contribution is 2.22. The maximum Gasteiger partial charge on any atom is 0.233 e. The van der Waals surface area contributed by atoms with Gasteiger partial charge in [0.25, 0.3) is 0 Å². The first-order valence-corrected chi connectivity index (χ1v) is 10.0. The fourth-order valence-electron chi connectivity index (χ4n) is 2.71. The first-order chi connectivity index (χ1) is 11.7. The lowest BCUT2D eigenvalue weighted by Gasteiger charge is -2.21. The van der Waals surface area contributed by atoms with Gasteiger partial charge in [-0.2, -0.15) is 0 Å². The second-order valence-electron chi connectivity index (χ2n) is 5.88. The molecule has 24 heavy (non-hydrogen) atoms. The van der Waals surface area contributed by atoms with Gasteiger partial charge in [-0.3, -0.25) is 14.7 Å². The number of hydrogen-bond acceptors (Lipinski definition) is 6. The molecule has 0 radical (unpaired) electrons. The Hall–Kier alpha value is -1.44. The van der Waals surface area contributed by atoms with Crippen molar-refractivity contribution in [2.75, 3.05) is 31.9 Å². The quantitative estimate of drug-likeness (QED) is 0.766. The summed E-state index contributed by atoms with van der Waals surface area (Å²) >= 11 is 3.16. The standard InChI is InChI=1S/C17H22N4OS2/c1-14-12-23-17(19-14)24-13-16(22)21-8-4-7-20(9-10-21)11-15-5-2-3-6-18-15/h2-3,5-6,12H,4,7-11,13H2,1H3. The molecule has 7 heteroatoms. The summed E-state index contributed by atoms with van der Waals surface area (Å²) in [4.78, 5) is 25.6. The molecule has 5 nitrogen and oxygen atoms in total. The zero-order chi connectivity index (χ0) is 16.8. The number of carbonyl (C=O) groups excluding carboxylic acids is 1. The second kappa shape index (κ2) is 8.60. The Morgan fingerprint density at radius 1 is 1.29 bits per heavy atom. The molecular formula is C17H22N4OS2. The molecule has 1 saturated heterocycles. The van der Waals surface area contributed by atoms with Crippen molar-refractivity contribution in [3.05, 3.63) is 41.2 Å². The van der Waals surface area contributed by atoms with Crippen LogP contribution < -0.4 is 0 Å². The third-order valence-electron chi connectivity index (χ3n) is 3.97. The van der Waals surface area contributed by atoms with Crippen molar-refractivity contribution >= 4 is 29.0 Å². The van der Waals surface area contributed by atoms with E-state index in [0.717, 1.165) is 54.9 Å². The summed E-state index contributed by atoms with van der Waals surface area (Å²) in [5.41, 5.74) is 2.11. The minimum Gasteiger partial charge on any atom is -0.341 e. The van der Waals surface area contributed by atoms with Gasteiger partial charge in [0.1, 0.15) is 0 Å². The molecule has 0 saturated carbocycles. The van der Waals surface area contributed by atoms with Gasteiger partial charge in [-0.25, -0.2) is 4.98 Å². The summed E-state index contributed by atoms with van der Waals surface area (Å²) in [5, 5.41) is 2.02. The molecule has 0 aliphatic carbocycles. The molecule has 0 aromatic carbocycles. The molecule has 2 aromatic heterocycles. The van der Waals surface area contributed by atoms with E-state index < -0.39 is 0 Å². The molecular weight excluding hydrogens is 340 g/mol. The van der Waals surface area contributed by atoms with E-state index >= 15 is 0 Å². The summed E-state index contributed by atoms with van der Waals surface area (Å²) in [5.74, 6) is 0.695. The van der Waals surface area contributed by atoms with Crippen LogP contribution in [0.1, 0.15) is 17.8 Å². The van der Waals surface area contributed by atoms with Crippen LogP contribution in [0.5, 0.6) is 0 Å². The molecule has 1 amide bonds. The molecule has 0 bridgehead atoms. The number of amides is 1. The Morgan fingerprint density at radius 3 is 2.96 bits per heavy atom. The zero-order valence-corrected chi connectivity index (χ0v) is 15.5. The van der Waals surface area contributed by atoms with Crippen molar-refractivity contribution in [2.45, 2.75) is 24.2 Å². The van der Waals surface area contributed by atoms with Gasteiger partial charge in [-0.05, 0) is 25.5 Å². The first kappa shape index (κ1) is 17.4. The highest BCUT2D eigenvalue weighted by Gasteiger charge is 2.19. The maximum atomic E-state index is 12.4. The van der Waals surface area contributed by atoms with Crippen LogP contribution in [0, 0.1) is 6.92 Å². The Kier molecular flexibility index (Phi) is 6.23. The van der Waals surface area contributed by atoms with E-state index in [1.807, 2.05) is 35.5 Å². The van der Waals surface area contributed by atoms with E-state index in [1.165, 1.54) is 0 Å². The van der Waals surface area contributed by atoms with Gasteiger partial charge in [0.2, 0.25) is 5.91 Å². The number of hydrogen-bond donors (Lipinski definition) is 0. The SMILES string of the molecule is Cc1csc(SCC(=O)N2CCCN(Cc3ccccn3)CC2)n1. The number of aromatic nitrogens is 2.